The van der Waals surface area contributed by atoms with Gasteiger partial charge in [0, 0.05) is 43.8 Å². The van der Waals surface area contributed by atoms with Crippen LogP contribution in [-0.2, 0) is 6.42 Å². The Balaban J connectivity index is 1.45. The Morgan fingerprint density at radius 1 is 1.30 bits per heavy atom. The quantitative estimate of drug-likeness (QED) is 0.754. The molecule has 0 radical (unpaired) electrons. The predicted octanol–water partition coefficient (Wildman–Crippen LogP) is 3.05. The van der Waals surface area contributed by atoms with Crippen molar-refractivity contribution in [2.45, 2.75) is 12.5 Å². The highest BCUT2D eigenvalue weighted by atomic mass is 32.1. The molecule has 1 unspecified atom stereocenters. The third kappa shape index (κ3) is 4.04. The molecule has 1 saturated heterocycles. The molecule has 3 aromatic rings. The average Bonchev–Trinajstić information content (AvgIpc) is 3.18. The van der Waals surface area contributed by atoms with Crippen LogP contribution in [0, 0.1) is 5.82 Å². The van der Waals surface area contributed by atoms with Gasteiger partial charge in [-0.2, -0.15) is 0 Å². The Morgan fingerprint density at radius 3 is 3.00 bits per heavy atom. The summed E-state index contributed by atoms with van der Waals surface area (Å²) in [5.74, 6) is -0.330. The number of amides is 1. The summed E-state index contributed by atoms with van der Waals surface area (Å²) in [6.07, 6.45) is 3.95. The smallest absolute Gasteiger partial charge is 0.273 e. The van der Waals surface area contributed by atoms with Gasteiger partial charge in [0.05, 0.1) is 11.0 Å². The molecule has 7 heteroatoms. The molecule has 1 aromatic carbocycles. The zero-order valence-electron chi connectivity index (χ0n) is 14.6. The van der Waals surface area contributed by atoms with Crippen molar-refractivity contribution in [2.75, 3.05) is 19.6 Å². The number of nitrogens with one attached hydrogen (secondary N) is 1. The number of hydrogen-bond donors (Lipinski definition) is 1. The van der Waals surface area contributed by atoms with Crippen molar-refractivity contribution in [3.8, 4) is 0 Å². The molecule has 1 atom stereocenters. The van der Waals surface area contributed by atoms with Gasteiger partial charge in [0.1, 0.15) is 11.5 Å². The van der Waals surface area contributed by atoms with Crippen LogP contribution in [0.3, 0.4) is 0 Å². The van der Waals surface area contributed by atoms with Crippen LogP contribution in [0.15, 0.2) is 54.2 Å². The van der Waals surface area contributed by atoms with Crippen molar-refractivity contribution in [2.24, 2.45) is 0 Å². The van der Waals surface area contributed by atoms with Crippen molar-refractivity contribution >= 4 is 17.2 Å². The van der Waals surface area contributed by atoms with E-state index in [2.05, 4.69) is 15.3 Å². The fourth-order valence-electron chi connectivity index (χ4n) is 3.20. The number of rotatable bonds is 4. The zero-order valence-corrected chi connectivity index (χ0v) is 15.5. The van der Waals surface area contributed by atoms with Crippen molar-refractivity contribution in [1.82, 2.24) is 20.2 Å². The maximum atomic E-state index is 13.8. The second-order valence-corrected chi connectivity index (χ2v) is 7.38. The number of halogens is 1. The van der Waals surface area contributed by atoms with Crippen LogP contribution in [0.2, 0.25) is 0 Å². The minimum Gasteiger partial charge on any atom is -0.334 e. The number of carbonyl (C=O) groups excluding carboxylic acids is 1. The largest absolute Gasteiger partial charge is 0.334 e. The minimum absolute atomic E-state index is 0.0629. The summed E-state index contributed by atoms with van der Waals surface area (Å²) in [6.45, 7) is 1.93. The molecule has 1 fully saturated rings. The number of hydrogen-bond acceptors (Lipinski definition) is 5. The summed E-state index contributed by atoms with van der Waals surface area (Å²) < 4.78 is 13.8. The van der Waals surface area contributed by atoms with Crippen LogP contribution in [-0.4, -0.2) is 40.4 Å². The van der Waals surface area contributed by atoms with Gasteiger partial charge in [-0.15, -0.1) is 11.3 Å². The molecule has 138 valence electrons. The van der Waals surface area contributed by atoms with Gasteiger partial charge in [0.2, 0.25) is 0 Å². The summed E-state index contributed by atoms with van der Waals surface area (Å²) in [5.41, 5.74) is 2.08. The van der Waals surface area contributed by atoms with E-state index in [1.807, 2.05) is 23.2 Å². The Hall–Kier alpha value is -2.64. The Morgan fingerprint density at radius 2 is 2.19 bits per heavy atom. The molecular formula is C20H19FN4OS. The van der Waals surface area contributed by atoms with E-state index in [9.17, 15) is 9.18 Å². The first-order valence-electron chi connectivity index (χ1n) is 8.81. The third-order valence-electron chi connectivity index (χ3n) is 4.62. The SMILES string of the molecule is O=C(c1csc(Cc2ccccc2F)n1)N1CCNC(c2cccnc2)C1. The first-order valence-corrected chi connectivity index (χ1v) is 9.69. The number of pyridine rings is 1. The van der Waals surface area contributed by atoms with Crippen LogP contribution >= 0.6 is 11.3 Å². The van der Waals surface area contributed by atoms with E-state index in [1.165, 1.54) is 17.4 Å². The highest BCUT2D eigenvalue weighted by Crippen LogP contribution is 2.21. The van der Waals surface area contributed by atoms with Gasteiger partial charge in [0.25, 0.3) is 5.91 Å². The molecule has 4 rings (SSSR count). The molecule has 2 aromatic heterocycles. The second kappa shape index (κ2) is 7.94. The molecule has 1 N–H and O–H groups in total. The molecule has 27 heavy (non-hydrogen) atoms. The van der Waals surface area contributed by atoms with Crippen LogP contribution in [0.1, 0.15) is 32.7 Å². The Bertz CT molecular complexity index is 930. The van der Waals surface area contributed by atoms with E-state index in [4.69, 9.17) is 0 Å². The second-order valence-electron chi connectivity index (χ2n) is 6.44. The number of thiazole rings is 1. The van der Waals surface area contributed by atoms with E-state index in [-0.39, 0.29) is 17.8 Å². The summed E-state index contributed by atoms with van der Waals surface area (Å²) in [6, 6.07) is 10.6. The van der Waals surface area contributed by atoms with E-state index >= 15 is 0 Å². The number of aromatic nitrogens is 2. The fraction of sp³-hybridized carbons (Fsp3) is 0.250. The van der Waals surface area contributed by atoms with Crippen LogP contribution in [0.5, 0.6) is 0 Å². The van der Waals surface area contributed by atoms with E-state index < -0.39 is 0 Å². The van der Waals surface area contributed by atoms with E-state index in [1.54, 1.807) is 29.8 Å². The molecule has 1 aliphatic rings. The highest BCUT2D eigenvalue weighted by molar-refractivity contribution is 7.09. The molecule has 1 aliphatic heterocycles. The molecule has 0 aliphatic carbocycles. The van der Waals surface area contributed by atoms with Gasteiger partial charge in [-0.05, 0) is 23.3 Å². The monoisotopic (exact) mass is 382 g/mol. The van der Waals surface area contributed by atoms with Gasteiger partial charge in [-0.25, -0.2) is 9.37 Å². The van der Waals surface area contributed by atoms with Crippen LogP contribution in [0.4, 0.5) is 4.39 Å². The number of carbonyl (C=O) groups is 1. The molecule has 5 nitrogen and oxygen atoms in total. The van der Waals surface area contributed by atoms with Crippen molar-refractivity contribution in [3.05, 3.63) is 81.8 Å². The van der Waals surface area contributed by atoms with Gasteiger partial charge >= 0.3 is 0 Å². The van der Waals surface area contributed by atoms with Gasteiger partial charge in [0.15, 0.2) is 0 Å². The molecule has 0 bridgehead atoms. The van der Waals surface area contributed by atoms with Gasteiger partial charge < -0.3 is 10.2 Å². The van der Waals surface area contributed by atoms with Gasteiger partial charge in [-0.3, -0.25) is 9.78 Å². The lowest BCUT2D eigenvalue weighted by Gasteiger charge is -2.33. The fourth-order valence-corrected chi connectivity index (χ4v) is 3.99. The van der Waals surface area contributed by atoms with E-state index in [0.29, 0.717) is 30.8 Å². The Labute approximate surface area is 160 Å². The number of piperazine rings is 1. The standard InChI is InChI=1S/C20H19FN4OS/c21-16-6-2-1-4-14(16)10-19-24-18(13-27-19)20(26)25-9-8-23-17(12-25)15-5-3-7-22-11-15/h1-7,11,13,17,23H,8-10,12H2. The molecule has 0 spiro atoms. The van der Waals surface area contributed by atoms with Crippen molar-refractivity contribution in [1.29, 1.82) is 0 Å². The normalized spacial score (nSPS) is 17.1. The number of benzene rings is 1. The summed E-state index contributed by atoms with van der Waals surface area (Å²) in [7, 11) is 0. The maximum Gasteiger partial charge on any atom is 0.273 e. The zero-order chi connectivity index (χ0) is 18.6. The van der Waals surface area contributed by atoms with Crippen LogP contribution < -0.4 is 5.32 Å². The first-order chi connectivity index (χ1) is 13.2. The third-order valence-corrected chi connectivity index (χ3v) is 5.47. The van der Waals surface area contributed by atoms with Gasteiger partial charge in [-0.1, -0.05) is 24.3 Å². The lowest BCUT2D eigenvalue weighted by Crippen LogP contribution is -2.48. The highest BCUT2D eigenvalue weighted by Gasteiger charge is 2.26. The average molecular weight is 382 g/mol. The molecule has 0 saturated carbocycles. The van der Waals surface area contributed by atoms with Crippen LogP contribution in [0.25, 0.3) is 0 Å². The predicted molar refractivity (Wildman–Crippen MR) is 102 cm³/mol. The number of nitrogens with zero attached hydrogens (tertiary/aromatic N) is 3. The molecule has 3 heterocycles. The molecule has 1 amide bonds. The summed E-state index contributed by atoms with van der Waals surface area (Å²) in [5, 5.41) is 5.92. The summed E-state index contributed by atoms with van der Waals surface area (Å²) in [4.78, 5) is 23.3. The topological polar surface area (TPSA) is 58.1 Å². The van der Waals surface area contributed by atoms with E-state index in [0.717, 1.165) is 17.1 Å². The van der Waals surface area contributed by atoms with Crippen molar-refractivity contribution < 1.29 is 9.18 Å². The first kappa shape index (κ1) is 17.8. The lowest BCUT2D eigenvalue weighted by atomic mass is 10.1. The minimum atomic E-state index is -0.248. The summed E-state index contributed by atoms with van der Waals surface area (Å²) >= 11 is 1.39. The Kier molecular flexibility index (Phi) is 5.22. The lowest BCUT2D eigenvalue weighted by molar-refractivity contribution is 0.0697. The molecular weight excluding hydrogens is 363 g/mol. The van der Waals surface area contributed by atoms with Crippen molar-refractivity contribution in [3.63, 3.8) is 0 Å². The maximum absolute atomic E-state index is 13.8.